The zero-order valence-corrected chi connectivity index (χ0v) is 14.2. The molecule has 1 amide bonds. The molecule has 0 spiro atoms. The summed E-state index contributed by atoms with van der Waals surface area (Å²) < 4.78 is 16.3. The Bertz CT molecular complexity index is 692. The molecular weight excluding hydrogens is 312 g/mol. The molecule has 8 nitrogen and oxygen atoms in total. The van der Waals surface area contributed by atoms with Gasteiger partial charge in [0.25, 0.3) is 5.91 Å². The summed E-state index contributed by atoms with van der Waals surface area (Å²) in [6.45, 7) is 7.17. The number of nitrogens with zero attached hydrogens (tertiary/aromatic N) is 4. The summed E-state index contributed by atoms with van der Waals surface area (Å²) in [6.07, 6.45) is 1.52. The first-order valence-corrected chi connectivity index (χ1v) is 8.29. The van der Waals surface area contributed by atoms with Crippen molar-refractivity contribution in [3.63, 3.8) is 0 Å². The van der Waals surface area contributed by atoms with Gasteiger partial charge in [-0.1, -0.05) is 19.0 Å². The quantitative estimate of drug-likeness (QED) is 0.829. The Hall–Kier alpha value is -2.22. The van der Waals surface area contributed by atoms with Crippen LogP contribution in [0.3, 0.4) is 0 Å². The minimum absolute atomic E-state index is 0.191. The van der Waals surface area contributed by atoms with Crippen LogP contribution in [0.2, 0.25) is 0 Å². The summed E-state index contributed by atoms with van der Waals surface area (Å²) in [7, 11) is 0. The summed E-state index contributed by atoms with van der Waals surface area (Å²) in [6, 6.07) is 1.75. The van der Waals surface area contributed by atoms with E-state index in [4.69, 9.17) is 13.7 Å². The average molecular weight is 334 g/mol. The van der Waals surface area contributed by atoms with Crippen LogP contribution in [0, 0.1) is 6.92 Å². The number of carbonyl (C=O) groups is 1. The largest absolute Gasteiger partial charge is 0.423 e. The Labute approximate surface area is 140 Å². The van der Waals surface area contributed by atoms with E-state index in [9.17, 15) is 4.79 Å². The Kier molecular flexibility index (Phi) is 4.94. The topological polar surface area (TPSA) is 94.5 Å². The lowest BCUT2D eigenvalue weighted by Gasteiger charge is -2.30. The predicted molar refractivity (Wildman–Crippen MR) is 83.5 cm³/mol. The standard InChI is InChI=1S/C16H22N4O4/c1-4-11(5-2)12-8-13(24-19-12)16(21)20-6-7-22-14(9-20)15-18-17-10(3)23-15/h8,11,14H,4-7,9H2,1-3H3/t14-/m0/s1. The highest BCUT2D eigenvalue weighted by Crippen LogP contribution is 2.25. The maximum absolute atomic E-state index is 12.7. The van der Waals surface area contributed by atoms with E-state index < -0.39 is 6.10 Å². The van der Waals surface area contributed by atoms with E-state index in [-0.39, 0.29) is 11.7 Å². The smallest absolute Gasteiger partial charge is 0.292 e. The number of rotatable bonds is 5. The predicted octanol–water partition coefficient (Wildman–Crippen LogP) is 2.48. The first-order valence-electron chi connectivity index (χ1n) is 8.29. The molecule has 0 saturated carbocycles. The lowest BCUT2D eigenvalue weighted by Crippen LogP contribution is -2.42. The van der Waals surface area contributed by atoms with Gasteiger partial charge in [0.1, 0.15) is 0 Å². The van der Waals surface area contributed by atoms with Crippen molar-refractivity contribution in [1.29, 1.82) is 0 Å². The highest BCUT2D eigenvalue weighted by atomic mass is 16.5. The lowest BCUT2D eigenvalue weighted by molar-refractivity contribution is -0.0359. The fraction of sp³-hybridized carbons (Fsp3) is 0.625. The molecule has 130 valence electrons. The molecule has 2 aromatic rings. The van der Waals surface area contributed by atoms with E-state index in [0.29, 0.717) is 37.4 Å². The van der Waals surface area contributed by atoms with Gasteiger partial charge in [-0.3, -0.25) is 4.79 Å². The van der Waals surface area contributed by atoms with Crippen molar-refractivity contribution < 1.29 is 18.5 Å². The molecule has 0 N–H and O–H groups in total. The van der Waals surface area contributed by atoms with Crippen molar-refractivity contribution in [2.75, 3.05) is 19.7 Å². The molecule has 0 bridgehead atoms. The second kappa shape index (κ2) is 7.12. The van der Waals surface area contributed by atoms with Gasteiger partial charge in [0.05, 0.1) is 18.8 Å². The van der Waals surface area contributed by atoms with E-state index in [1.165, 1.54) is 0 Å². The maximum Gasteiger partial charge on any atom is 0.292 e. The zero-order chi connectivity index (χ0) is 17.1. The minimum Gasteiger partial charge on any atom is -0.423 e. The maximum atomic E-state index is 12.7. The van der Waals surface area contributed by atoms with Crippen molar-refractivity contribution in [1.82, 2.24) is 20.3 Å². The number of carbonyl (C=O) groups excluding carboxylic acids is 1. The third-order valence-corrected chi connectivity index (χ3v) is 4.31. The third-order valence-electron chi connectivity index (χ3n) is 4.31. The first-order chi connectivity index (χ1) is 11.6. The van der Waals surface area contributed by atoms with Gasteiger partial charge < -0.3 is 18.6 Å². The molecule has 0 aliphatic carbocycles. The van der Waals surface area contributed by atoms with Gasteiger partial charge in [0, 0.05) is 25.5 Å². The van der Waals surface area contributed by atoms with Gasteiger partial charge in [-0.2, -0.15) is 0 Å². The van der Waals surface area contributed by atoms with Crippen LogP contribution in [-0.4, -0.2) is 45.9 Å². The van der Waals surface area contributed by atoms with Crippen molar-refractivity contribution in [2.24, 2.45) is 0 Å². The van der Waals surface area contributed by atoms with E-state index in [2.05, 4.69) is 29.2 Å². The molecule has 8 heteroatoms. The summed E-state index contributed by atoms with van der Waals surface area (Å²) in [5, 5.41) is 11.8. The van der Waals surface area contributed by atoms with Gasteiger partial charge in [0.2, 0.25) is 17.5 Å². The highest BCUT2D eigenvalue weighted by Gasteiger charge is 2.31. The van der Waals surface area contributed by atoms with Gasteiger partial charge in [-0.15, -0.1) is 10.2 Å². The summed E-state index contributed by atoms with van der Waals surface area (Å²) in [5.74, 6) is 1.25. The molecule has 1 fully saturated rings. The van der Waals surface area contributed by atoms with Crippen LogP contribution < -0.4 is 0 Å². The first kappa shape index (κ1) is 16.6. The molecule has 3 heterocycles. The Morgan fingerprint density at radius 2 is 2.17 bits per heavy atom. The Morgan fingerprint density at radius 1 is 1.38 bits per heavy atom. The number of hydrogen-bond donors (Lipinski definition) is 0. The normalized spacial score (nSPS) is 18.3. The van der Waals surface area contributed by atoms with Gasteiger partial charge in [-0.25, -0.2) is 0 Å². The van der Waals surface area contributed by atoms with Crippen LogP contribution in [-0.2, 0) is 4.74 Å². The van der Waals surface area contributed by atoms with E-state index in [1.54, 1.807) is 17.9 Å². The monoisotopic (exact) mass is 334 g/mol. The molecule has 24 heavy (non-hydrogen) atoms. The minimum atomic E-state index is -0.412. The zero-order valence-electron chi connectivity index (χ0n) is 14.2. The van der Waals surface area contributed by atoms with Crippen LogP contribution in [0.5, 0.6) is 0 Å². The fourth-order valence-corrected chi connectivity index (χ4v) is 2.87. The molecule has 1 saturated heterocycles. The Balaban J connectivity index is 1.70. The lowest BCUT2D eigenvalue weighted by atomic mass is 9.99. The molecule has 1 aliphatic heterocycles. The molecule has 1 aliphatic rings. The molecule has 0 radical (unpaired) electrons. The number of amides is 1. The molecular formula is C16H22N4O4. The second-order valence-corrected chi connectivity index (χ2v) is 5.90. The molecule has 3 rings (SSSR count). The highest BCUT2D eigenvalue weighted by molar-refractivity contribution is 5.91. The second-order valence-electron chi connectivity index (χ2n) is 5.90. The van der Waals surface area contributed by atoms with Gasteiger partial charge >= 0.3 is 0 Å². The van der Waals surface area contributed by atoms with E-state index in [1.807, 2.05) is 0 Å². The summed E-state index contributed by atoms with van der Waals surface area (Å²) >= 11 is 0. The van der Waals surface area contributed by atoms with Crippen LogP contribution in [0.4, 0.5) is 0 Å². The Morgan fingerprint density at radius 3 is 2.83 bits per heavy atom. The molecule has 1 atom stereocenters. The van der Waals surface area contributed by atoms with Crippen molar-refractivity contribution >= 4 is 5.91 Å². The molecule has 0 aromatic carbocycles. The van der Waals surface area contributed by atoms with Crippen LogP contribution in [0.1, 0.15) is 66.7 Å². The average Bonchev–Trinajstić information content (AvgIpc) is 3.25. The summed E-state index contributed by atoms with van der Waals surface area (Å²) in [5.41, 5.74) is 0.834. The number of aryl methyl sites for hydroxylation is 1. The van der Waals surface area contributed by atoms with Crippen LogP contribution in [0.25, 0.3) is 0 Å². The number of ether oxygens (including phenoxy) is 1. The van der Waals surface area contributed by atoms with Crippen molar-refractivity contribution in [2.45, 2.75) is 45.6 Å². The van der Waals surface area contributed by atoms with Gasteiger partial charge in [0.15, 0.2) is 6.10 Å². The van der Waals surface area contributed by atoms with Crippen molar-refractivity contribution in [3.8, 4) is 0 Å². The number of aromatic nitrogens is 3. The SMILES string of the molecule is CCC(CC)c1cc(C(=O)N2CCO[C@H](c3nnc(C)o3)C2)on1. The molecule has 2 aromatic heterocycles. The van der Waals surface area contributed by atoms with Crippen molar-refractivity contribution in [3.05, 3.63) is 29.3 Å². The van der Waals surface area contributed by atoms with E-state index in [0.717, 1.165) is 18.5 Å². The molecule has 0 unspecified atom stereocenters. The van der Waals surface area contributed by atoms with Crippen LogP contribution >= 0.6 is 0 Å². The fourth-order valence-electron chi connectivity index (χ4n) is 2.87. The summed E-state index contributed by atoms with van der Waals surface area (Å²) in [4.78, 5) is 14.3. The van der Waals surface area contributed by atoms with Crippen LogP contribution in [0.15, 0.2) is 15.0 Å². The van der Waals surface area contributed by atoms with Gasteiger partial charge in [-0.05, 0) is 12.8 Å². The number of morpholine rings is 1. The number of hydrogen-bond acceptors (Lipinski definition) is 7. The van der Waals surface area contributed by atoms with E-state index >= 15 is 0 Å². The third kappa shape index (κ3) is 3.33.